The first kappa shape index (κ1) is 19.5. The molecule has 1 aromatic heterocycles. The van der Waals surface area contributed by atoms with Crippen LogP contribution in [0.3, 0.4) is 0 Å². The average Bonchev–Trinajstić information content (AvgIpc) is 3.01. The molecule has 1 heterocycles. The van der Waals surface area contributed by atoms with Crippen molar-refractivity contribution >= 4 is 11.6 Å². The van der Waals surface area contributed by atoms with Gasteiger partial charge in [-0.05, 0) is 35.9 Å². The maximum Gasteiger partial charge on any atom is 0.416 e. The fraction of sp³-hybridized carbons (Fsp3) is 0.125. The first-order valence-corrected chi connectivity index (χ1v) is 8.00. The van der Waals surface area contributed by atoms with Gasteiger partial charge >= 0.3 is 11.9 Å². The number of halogens is 5. The zero-order valence-electron chi connectivity index (χ0n) is 13.8. The molecule has 3 N–H and O–H groups in total. The van der Waals surface area contributed by atoms with Gasteiger partial charge in [-0.15, -0.1) is 5.10 Å². The molecule has 0 fully saturated rings. The summed E-state index contributed by atoms with van der Waals surface area (Å²) in [7, 11) is 0. The second kappa shape index (κ2) is 7.43. The fourth-order valence-electron chi connectivity index (χ4n) is 2.46. The van der Waals surface area contributed by atoms with Gasteiger partial charge in [0.25, 0.3) is 0 Å². The molecule has 0 bridgehead atoms. The third kappa shape index (κ3) is 4.03. The number of nitrogens with one attached hydrogen (secondary N) is 1. The average molecular weight is 415 g/mol. The molecule has 0 radical (unpaired) electrons. The SMILES string of the molecule is NN=NCc1ccc(Cl)c(-c2nn(-c3cc(F)cc(C(F)(F)F)c3)c(=O)[nH]2)c1. The largest absolute Gasteiger partial charge is 0.416 e. The van der Waals surface area contributed by atoms with Gasteiger partial charge < -0.3 is 5.84 Å². The van der Waals surface area contributed by atoms with Crippen molar-refractivity contribution in [3.8, 4) is 17.1 Å². The van der Waals surface area contributed by atoms with Gasteiger partial charge in [0.15, 0.2) is 5.82 Å². The molecule has 146 valence electrons. The maximum absolute atomic E-state index is 13.6. The van der Waals surface area contributed by atoms with E-state index in [1.54, 1.807) is 12.1 Å². The minimum absolute atomic E-state index is 0.0145. The minimum atomic E-state index is -4.78. The number of H-pyrrole nitrogens is 1. The minimum Gasteiger partial charge on any atom is -0.305 e. The highest BCUT2D eigenvalue weighted by Crippen LogP contribution is 2.31. The smallest absolute Gasteiger partial charge is 0.305 e. The predicted octanol–water partition coefficient (Wildman–Crippen LogP) is 3.86. The highest BCUT2D eigenvalue weighted by molar-refractivity contribution is 6.33. The van der Waals surface area contributed by atoms with Crippen LogP contribution in [0.2, 0.25) is 5.02 Å². The van der Waals surface area contributed by atoms with E-state index in [1.165, 1.54) is 6.07 Å². The fourth-order valence-corrected chi connectivity index (χ4v) is 2.66. The number of nitrogens with two attached hydrogens (primary N) is 1. The van der Waals surface area contributed by atoms with Gasteiger partial charge in [0.1, 0.15) is 5.82 Å². The van der Waals surface area contributed by atoms with Crippen molar-refractivity contribution in [2.45, 2.75) is 12.7 Å². The molecule has 3 rings (SSSR count). The maximum atomic E-state index is 13.6. The second-order valence-corrected chi connectivity index (χ2v) is 6.02. The summed E-state index contributed by atoms with van der Waals surface area (Å²) < 4.78 is 53.0. The zero-order valence-corrected chi connectivity index (χ0v) is 14.6. The van der Waals surface area contributed by atoms with Crippen LogP contribution < -0.4 is 11.5 Å². The number of aromatic nitrogens is 3. The molecule has 2 aromatic carbocycles. The Morgan fingerprint density at radius 3 is 2.64 bits per heavy atom. The van der Waals surface area contributed by atoms with E-state index in [2.05, 4.69) is 20.4 Å². The van der Waals surface area contributed by atoms with E-state index in [0.29, 0.717) is 27.9 Å². The lowest BCUT2D eigenvalue weighted by atomic mass is 10.1. The molecule has 0 aliphatic rings. The Balaban J connectivity index is 2.08. The lowest BCUT2D eigenvalue weighted by molar-refractivity contribution is -0.137. The number of benzene rings is 2. The predicted molar refractivity (Wildman–Crippen MR) is 92.3 cm³/mol. The Bertz CT molecular complexity index is 1110. The van der Waals surface area contributed by atoms with Gasteiger partial charge in [0, 0.05) is 5.56 Å². The van der Waals surface area contributed by atoms with Crippen molar-refractivity contribution in [1.29, 1.82) is 0 Å². The number of hydrogen-bond donors (Lipinski definition) is 2. The van der Waals surface area contributed by atoms with E-state index >= 15 is 0 Å². The van der Waals surface area contributed by atoms with Gasteiger partial charge in [0.05, 0.1) is 22.8 Å². The highest BCUT2D eigenvalue weighted by atomic mass is 35.5. The van der Waals surface area contributed by atoms with E-state index in [4.69, 9.17) is 17.4 Å². The molecule has 0 amide bonds. The molecule has 3 aromatic rings. The van der Waals surface area contributed by atoms with Gasteiger partial charge in [-0.25, -0.2) is 9.18 Å². The summed E-state index contributed by atoms with van der Waals surface area (Å²) in [5, 5.41) is 10.9. The van der Waals surface area contributed by atoms with Crippen molar-refractivity contribution in [2.24, 2.45) is 16.2 Å². The Morgan fingerprint density at radius 2 is 1.96 bits per heavy atom. The molecule has 0 unspecified atom stereocenters. The quantitative estimate of drug-likeness (QED) is 0.293. The second-order valence-electron chi connectivity index (χ2n) is 5.62. The number of alkyl halides is 3. The van der Waals surface area contributed by atoms with Crippen molar-refractivity contribution in [2.75, 3.05) is 0 Å². The molecular weight excluding hydrogens is 404 g/mol. The van der Waals surface area contributed by atoms with Crippen LogP contribution in [0.15, 0.2) is 51.5 Å². The molecule has 0 aliphatic heterocycles. The highest BCUT2D eigenvalue weighted by Gasteiger charge is 2.32. The molecule has 0 spiro atoms. The summed E-state index contributed by atoms with van der Waals surface area (Å²) in [5.74, 6) is 3.78. The monoisotopic (exact) mass is 414 g/mol. The number of hydrogen-bond acceptors (Lipinski definition) is 4. The van der Waals surface area contributed by atoms with Crippen LogP contribution in [0.1, 0.15) is 11.1 Å². The lowest BCUT2D eigenvalue weighted by Gasteiger charge is -2.08. The number of rotatable bonds is 4. The van der Waals surface area contributed by atoms with E-state index in [9.17, 15) is 22.4 Å². The van der Waals surface area contributed by atoms with Gasteiger partial charge in [0.2, 0.25) is 0 Å². The molecule has 0 saturated heterocycles. The van der Waals surface area contributed by atoms with Gasteiger partial charge in [-0.1, -0.05) is 22.9 Å². The van der Waals surface area contributed by atoms with Crippen molar-refractivity contribution in [1.82, 2.24) is 14.8 Å². The molecule has 0 saturated carbocycles. The Labute approximate surface area is 159 Å². The Morgan fingerprint density at radius 1 is 1.21 bits per heavy atom. The van der Waals surface area contributed by atoms with Gasteiger partial charge in [-0.2, -0.15) is 23.0 Å². The van der Waals surface area contributed by atoms with Crippen LogP contribution in [-0.2, 0) is 12.7 Å². The Hall–Kier alpha value is -3.21. The third-order valence-corrected chi connectivity index (χ3v) is 4.02. The molecule has 0 atom stereocenters. The van der Waals surface area contributed by atoms with Gasteiger partial charge in [-0.3, -0.25) is 4.98 Å². The molecule has 28 heavy (non-hydrogen) atoms. The van der Waals surface area contributed by atoms with Crippen LogP contribution >= 0.6 is 11.6 Å². The molecular formula is C16H11ClF4N6O. The van der Waals surface area contributed by atoms with E-state index in [0.717, 1.165) is 6.07 Å². The molecule has 0 aliphatic carbocycles. The van der Waals surface area contributed by atoms with Crippen LogP contribution in [0.25, 0.3) is 17.1 Å². The van der Waals surface area contributed by atoms with Crippen LogP contribution in [0.4, 0.5) is 17.6 Å². The number of aromatic amines is 1. The summed E-state index contributed by atoms with van der Waals surface area (Å²) in [6.07, 6.45) is -4.78. The van der Waals surface area contributed by atoms with E-state index in [1.807, 2.05) is 0 Å². The summed E-state index contributed by atoms with van der Waals surface area (Å²) in [5.41, 5.74) is -1.55. The van der Waals surface area contributed by atoms with Crippen molar-refractivity contribution in [3.63, 3.8) is 0 Å². The first-order chi connectivity index (χ1) is 13.2. The summed E-state index contributed by atoms with van der Waals surface area (Å²) in [6, 6.07) is 6.45. The van der Waals surface area contributed by atoms with Crippen molar-refractivity contribution < 1.29 is 17.6 Å². The van der Waals surface area contributed by atoms with Crippen LogP contribution in [-0.4, -0.2) is 14.8 Å². The number of nitrogens with zero attached hydrogens (tertiary/aromatic N) is 4. The van der Waals surface area contributed by atoms with E-state index < -0.39 is 23.2 Å². The topological polar surface area (TPSA) is 101 Å². The lowest BCUT2D eigenvalue weighted by Crippen LogP contribution is -2.17. The Kier molecular flexibility index (Phi) is 5.18. The molecule has 12 heteroatoms. The third-order valence-electron chi connectivity index (χ3n) is 3.69. The molecule has 7 nitrogen and oxygen atoms in total. The summed E-state index contributed by atoms with van der Waals surface area (Å²) >= 11 is 6.12. The zero-order chi connectivity index (χ0) is 20.5. The van der Waals surface area contributed by atoms with Crippen molar-refractivity contribution in [3.05, 3.63) is 68.8 Å². The van der Waals surface area contributed by atoms with Crippen LogP contribution in [0, 0.1) is 5.82 Å². The van der Waals surface area contributed by atoms with E-state index in [-0.39, 0.29) is 23.1 Å². The first-order valence-electron chi connectivity index (χ1n) is 7.62. The summed E-state index contributed by atoms with van der Waals surface area (Å²) in [4.78, 5) is 14.6. The van der Waals surface area contributed by atoms with Crippen LogP contribution in [0.5, 0.6) is 0 Å². The normalized spacial score (nSPS) is 12.0. The summed E-state index contributed by atoms with van der Waals surface area (Å²) in [6.45, 7) is 0.143. The standard InChI is InChI=1S/C16H11ClF4N6O/c17-13-2-1-8(7-23-26-22)3-12(13)14-24-15(28)27(25-14)11-5-9(16(19,20)21)4-10(18)6-11/h1-6H,7H2,(H2,22,23)(H,24,25,28).